The number of carboxylic acids is 1. The lowest BCUT2D eigenvalue weighted by atomic mass is 9.66. The number of carbonyl (C=O) groups excluding carboxylic acids is 2. The van der Waals surface area contributed by atoms with Gasteiger partial charge in [0.15, 0.2) is 0 Å². The quantitative estimate of drug-likeness (QED) is 0.613. The molecular weight excluding hydrogens is 453 g/mol. The Morgan fingerprint density at radius 1 is 1.12 bits per heavy atom. The molecule has 10 heteroatoms. The maximum Gasteiger partial charge on any atom is 0.573 e. The summed E-state index contributed by atoms with van der Waals surface area (Å²) in [6.45, 7) is 0. The van der Waals surface area contributed by atoms with Crippen LogP contribution in [0, 0.1) is 5.92 Å². The highest BCUT2D eigenvalue weighted by Crippen LogP contribution is 2.53. The topological polar surface area (TPSA) is 110 Å². The summed E-state index contributed by atoms with van der Waals surface area (Å²) in [5.41, 5.74) is 5.03. The zero-order valence-electron chi connectivity index (χ0n) is 18.0. The number of alkyl halides is 3. The number of nitrogens with zero attached hydrogens (tertiary/aromatic N) is 1. The molecule has 0 spiro atoms. The smallest absolute Gasteiger partial charge is 0.480 e. The lowest BCUT2D eigenvalue weighted by Crippen LogP contribution is -2.60. The number of ether oxygens (including phenoxy) is 1. The van der Waals surface area contributed by atoms with Crippen LogP contribution in [0.1, 0.15) is 47.5 Å². The number of hydrogen-bond acceptors (Lipinski definition) is 5. The fourth-order valence-electron chi connectivity index (χ4n) is 5.45. The van der Waals surface area contributed by atoms with Crippen LogP contribution >= 0.6 is 0 Å². The molecule has 1 fully saturated rings. The number of aldehydes is 1. The number of nitrogens with two attached hydrogens (primary N) is 1. The highest BCUT2D eigenvalue weighted by atomic mass is 19.4. The summed E-state index contributed by atoms with van der Waals surface area (Å²) in [5.74, 6) is -3.78. The maximum absolute atomic E-state index is 13.7. The number of carbonyl (C=O) groups is 3. The Hall–Kier alpha value is -3.40. The van der Waals surface area contributed by atoms with Crippen molar-refractivity contribution in [3.05, 3.63) is 59.7 Å². The lowest BCUT2D eigenvalue weighted by Gasteiger charge is -2.48. The minimum atomic E-state index is -4.98. The predicted molar refractivity (Wildman–Crippen MR) is 115 cm³/mol. The van der Waals surface area contributed by atoms with Crippen LogP contribution < -0.4 is 15.4 Å². The van der Waals surface area contributed by atoms with Crippen molar-refractivity contribution in [2.75, 3.05) is 4.90 Å². The standard InChI is InChI=1S/C24H23F3N2O5/c25-24(26,27)34-19-11-4-2-7-16(19)21(31)29-17-9-3-1-6-14(17)20(15-8-5-10-18(15)29)23(28,12-13-30)22(32)33/h1-4,6-7,9,11,13,15,18,20H,5,8,10,12,28H2,(H,32,33). The minimum absolute atomic E-state index is 0.260. The van der Waals surface area contributed by atoms with E-state index < -0.39 is 53.8 Å². The third kappa shape index (κ3) is 4.02. The van der Waals surface area contributed by atoms with Crippen molar-refractivity contribution in [2.24, 2.45) is 11.7 Å². The van der Waals surface area contributed by atoms with Crippen molar-refractivity contribution in [2.45, 2.75) is 49.5 Å². The Balaban J connectivity index is 1.86. The molecule has 0 radical (unpaired) electrons. The average Bonchev–Trinajstić information content (AvgIpc) is 3.25. The van der Waals surface area contributed by atoms with E-state index in [1.165, 1.54) is 23.1 Å². The summed E-state index contributed by atoms with van der Waals surface area (Å²) in [6.07, 6.45) is -3.18. The highest BCUT2D eigenvalue weighted by molar-refractivity contribution is 6.09. The van der Waals surface area contributed by atoms with Gasteiger partial charge in [-0.25, -0.2) is 0 Å². The number of halogens is 3. The minimum Gasteiger partial charge on any atom is -0.480 e. The molecule has 3 N–H and O–H groups in total. The molecule has 2 aromatic rings. The largest absolute Gasteiger partial charge is 0.573 e. The number of hydrogen-bond donors (Lipinski definition) is 2. The molecule has 1 saturated carbocycles. The third-order valence-corrected chi connectivity index (χ3v) is 6.76. The van der Waals surface area contributed by atoms with Gasteiger partial charge in [-0.05, 0) is 42.5 Å². The van der Waals surface area contributed by atoms with Gasteiger partial charge in [-0.1, -0.05) is 36.8 Å². The monoisotopic (exact) mass is 476 g/mol. The van der Waals surface area contributed by atoms with E-state index in [4.69, 9.17) is 5.73 Å². The van der Waals surface area contributed by atoms with Gasteiger partial charge in [-0.3, -0.25) is 9.59 Å². The highest BCUT2D eigenvalue weighted by Gasteiger charge is 2.55. The van der Waals surface area contributed by atoms with Crippen LogP contribution in [0.15, 0.2) is 48.5 Å². The van der Waals surface area contributed by atoms with Gasteiger partial charge in [0.25, 0.3) is 5.91 Å². The number of aliphatic carboxylic acids is 1. The molecular formula is C24H23F3N2O5. The lowest BCUT2D eigenvalue weighted by molar-refractivity contribution is -0.274. The van der Waals surface area contributed by atoms with Gasteiger partial charge in [-0.2, -0.15) is 0 Å². The molecule has 1 heterocycles. The molecule has 0 aromatic heterocycles. The first-order chi connectivity index (χ1) is 16.1. The number of anilines is 1. The molecule has 1 aliphatic heterocycles. The zero-order valence-corrected chi connectivity index (χ0v) is 18.0. The maximum atomic E-state index is 13.7. The molecule has 180 valence electrons. The van der Waals surface area contributed by atoms with E-state index in [1.54, 1.807) is 24.3 Å². The van der Waals surface area contributed by atoms with Crippen molar-refractivity contribution in [1.29, 1.82) is 0 Å². The van der Waals surface area contributed by atoms with Crippen molar-refractivity contribution in [1.82, 2.24) is 0 Å². The summed E-state index contributed by atoms with van der Waals surface area (Å²) in [4.78, 5) is 38.7. The van der Waals surface area contributed by atoms with Gasteiger partial charge in [0, 0.05) is 24.1 Å². The second-order valence-corrected chi connectivity index (χ2v) is 8.63. The van der Waals surface area contributed by atoms with Crippen LogP contribution in [0.2, 0.25) is 0 Å². The number of benzene rings is 2. The van der Waals surface area contributed by atoms with E-state index in [2.05, 4.69) is 4.74 Å². The Morgan fingerprint density at radius 3 is 2.47 bits per heavy atom. The first kappa shape index (κ1) is 23.7. The molecule has 0 saturated heterocycles. The van der Waals surface area contributed by atoms with E-state index in [9.17, 15) is 32.7 Å². The Bertz CT molecular complexity index is 1120. The van der Waals surface area contributed by atoms with Gasteiger partial charge < -0.3 is 25.3 Å². The number of carboxylic acid groups (broad SMARTS) is 1. The fourth-order valence-corrected chi connectivity index (χ4v) is 5.45. The second-order valence-electron chi connectivity index (χ2n) is 8.63. The van der Waals surface area contributed by atoms with E-state index in [1.807, 2.05) is 0 Å². The van der Waals surface area contributed by atoms with Crippen molar-refractivity contribution in [3.8, 4) is 5.75 Å². The summed E-state index contributed by atoms with van der Waals surface area (Å²) in [7, 11) is 0. The van der Waals surface area contributed by atoms with E-state index >= 15 is 0 Å². The van der Waals surface area contributed by atoms with Crippen LogP contribution in [0.4, 0.5) is 18.9 Å². The van der Waals surface area contributed by atoms with Crippen LogP contribution in [-0.2, 0) is 9.59 Å². The second kappa shape index (κ2) is 8.75. The van der Waals surface area contributed by atoms with Crippen molar-refractivity contribution < 1.29 is 37.4 Å². The van der Waals surface area contributed by atoms with Gasteiger partial charge in [0.1, 0.15) is 17.6 Å². The Labute approximate surface area is 193 Å². The Kier molecular flexibility index (Phi) is 6.11. The molecule has 4 rings (SSSR count). The van der Waals surface area contributed by atoms with E-state index in [-0.39, 0.29) is 5.56 Å². The molecule has 0 bridgehead atoms. The van der Waals surface area contributed by atoms with E-state index in [0.717, 1.165) is 6.07 Å². The number of rotatable bonds is 6. The molecule has 1 amide bonds. The van der Waals surface area contributed by atoms with Crippen LogP contribution in [-0.4, -0.2) is 41.2 Å². The molecule has 34 heavy (non-hydrogen) atoms. The number of para-hydroxylation sites is 2. The third-order valence-electron chi connectivity index (χ3n) is 6.76. The first-order valence-electron chi connectivity index (χ1n) is 10.8. The van der Waals surface area contributed by atoms with Crippen LogP contribution in [0.5, 0.6) is 5.75 Å². The summed E-state index contributed by atoms with van der Waals surface area (Å²) in [5, 5.41) is 9.97. The first-order valence-corrected chi connectivity index (χ1v) is 10.8. The average molecular weight is 476 g/mol. The van der Waals surface area contributed by atoms with Crippen LogP contribution in [0.25, 0.3) is 0 Å². The predicted octanol–water partition coefficient (Wildman–Crippen LogP) is 3.87. The van der Waals surface area contributed by atoms with Crippen LogP contribution in [0.3, 0.4) is 0 Å². The summed E-state index contributed by atoms with van der Waals surface area (Å²) in [6, 6.07) is 11.2. The number of fused-ring (bicyclic) bond motifs is 2. The molecule has 1 aliphatic carbocycles. The summed E-state index contributed by atoms with van der Waals surface area (Å²) < 4.78 is 43.0. The fraction of sp³-hybridized carbons (Fsp3) is 0.375. The molecule has 2 aliphatic rings. The van der Waals surface area contributed by atoms with Crippen molar-refractivity contribution >= 4 is 23.9 Å². The molecule has 7 nitrogen and oxygen atoms in total. The molecule has 4 unspecified atom stereocenters. The SMILES string of the molecule is NC(CC=O)(C(=O)O)C1c2ccccc2N(C(=O)c2ccccc2OC(F)(F)F)C2CCCC21. The normalized spacial score (nSPS) is 23.4. The number of amides is 1. The van der Waals surface area contributed by atoms with Gasteiger partial charge in [-0.15, -0.1) is 13.2 Å². The summed E-state index contributed by atoms with van der Waals surface area (Å²) >= 11 is 0. The van der Waals surface area contributed by atoms with E-state index in [0.29, 0.717) is 36.8 Å². The van der Waals surface area contributed by atoms with Gasteiger partial charge >= 0.3 is 12.3 Å². The van der Waals surface area contributed by atoms with Crippen molar-refractivity contribution in [3.63, 3.8) is 0 Å². The molecule has 2 aromatic carbocycles. The van der Waals surface area contributed by atoms with Gasteiger partial charge in [0.2, 0.25) is 0 Å². The van der Waals surface area contributed by atoms with Gasteiger partial charge in [0.05, 0.1) is 5.56 Å². The molecule has 4 atom stereocenters. The zero-order chi connectivity index (χ0) is 24.7. The Morgan fingerprint density at radius 2 is 1.79 bits per heavy atom.